The van der Waals surface area contributed by atoms with E-state index in [2.05, 4.69) is 30.3 Å². The largest absolute Gasteiger partial charge is 0.493 e. The average molecular weight is 301 g/mol. The molecule has 2 aromatic rings. The van der Waals surface area contributed by atoms with Crippen molar-refractivity contribution in [2.45, 2.75) is 39.4 Å². The number of para-hydroxylation sites is 1. The van der Waals surface area contributed by atoms with Crippen LogP contribution in [0.3, 0.4) is 0 Å². The topological polar surface area (TPSA) is 48.3 Å². The molecular formula is C17H23N3O2. The summed E-state index contributed by atoms with van der Waals surface area (Å²) >= 11 is 0. The summed E-state index contributed by atoms with van der Waals surface area (Å²) in [7, 11) is 1.68. The molecule has 5 heteroatoms. The monoisotopic (exact) mass is 301 g/mol. The lowest BCUT2D eigenvalue weighted by Crippen LogP contribution is -2.39. The number of benzene rings is 1. The molecule has 0 amide bonds. The molecule has 5 nitrogen and oxygen atoms in total. The Labute approximate surface area is 131 Å². The van der Waals surface area contributed by atoms with Crippen molar-refractivity contribution in [3.05, 3.63) is 41.2 Å². The van der Waals surface area contributed by atoms with Crippen LogP contribution in [0.25, 0.3) is 0 Å². The van der Waals surface area contributed by atoms with Gasteiger partial charge in [-0.25, -0.2) is 0 Å². The summed E-state index contributed by atoms with van der Waals surface area (Å²) in [5.74, 6) is 1.70. The van der Waals surface area contributed by atoms with Crippen molar-refractivity contribution in [2.75, 3.05) is 13.7 Å². The van der Waals surface area contributed by atoms with Crippen LogP contribution in [-0.2, 0) is 19.5 Å². The molecule has 1 aromatic heterocycles. The SMILES string of the molecule is CCn1ncc(CNC2COc3c(cccc3OC)C2)c1C. The maximum absolute atomic E-state index is 5.89. The van der Waals surface area contributed by atoms with Crippen LogP contribution in [0.2, 0.25) is 0 Å². The molecule has 1 unspecified atom stereocenters. The number of fused-ring (bicyclic) bond motifs is 1. The van der Waals surface area contributed by atoms with Gasteiger partial charge in [0.15, 0.2) is 11.5 Å². The molecule has 0 bridgehead atoms. The zero-order chi connectivity index (χ0) is 15.5. The second kappa shape index (κ2) is 6.40. The fourth-order valence-electron chi connectivity index (χ4n) is 2.92. The first-order valence-corrected chi connectivity index (χ1v) is 7.76. The predicted molar refractivity (Wildman–Crippen MR) is 85.5 cm³/mol. The highest BCUT2D eigenvalue weighted by Crippen LogP contribution is 2.34. The number of nitrogens with zero attached hydrogens (tertiary/aromatic N) is 2. The molecule has 1 aliphatic heterocycles. The van der Waals surface area contributed by atoms with Crippen LogP contribution in [0, 0.1) is 6.92 Å². The lowest BCUT2D eigenvalue weighted by molar-refractivity contribution is 0.226. The summed E-state index contributed by atoms with van der Waals surface area (Å²) in [5, 5.41) is 7.96. The van der Waals surface area contributed by atoms with Crippen LogP contribution in [0.1, 0.15) is 23.7 Å². The predicted octanol–water partition coefficient (Wildman–Crippen LogP) is 2.31. The number of hydrogen-bond acceptors (Lipinski definition) is 4. The van der Waals surface area contributed by atoms with Gasteiger partial charge in [-0.15, -0.1) is 0 Å². The van der Waals surface area contributed by atoms with Crippen LogP contribution in [0.15, 0.2) is 24.4 Å². The standard InChI is InChI=1S/C17H23N3O2/c1-4-20-12(2)14(10-19-20)9-18-15-8-13-6-5-7-16(21-3)17(13)22-11-15/h5-7,10,15,18H,4,8-9,11H2,1-3H3. The van der Waals surface area contributed by atoms with E-state index >= 15 is 0 Å². The highest BCUT2D eigenvalue weighted by molar-refractivity contribution is 5.48. The number of hydrogen-bond donors (Lipinski definition) is 1. The molecule has 1 aromatic carbocycles. The number of nitrogens with one attached hydrogen (secondary N) is 1. The molecule has 0 saturated carbocycles. The van der Waals surface area contributed by atoms with Gasteiger partial charge in [0.1, 0.15) is 6.61 Å². The van der Waals surface area contributed by atoms with E-state index in [1.54, 1.807) is 7.11 Å². The van der Waals surface area contributed by atoms with Gasteiger partial charge in [-0.1, -0.05) is 12.1 Å². The first-order valence-electron chi connectivity index (χ1n) is 7.76. The normalized spacial score (nSPS) is 17.0. The van der Waals surface area contributed by atoms with E-state index < -0.39 is 0 Å². The minimum atomic E-state index is 0.309. The van der Waals surface area contributed by atoms with Gasteiger partial charge in [-0.05, 0) is 31.9 Å². The Balaban J connectivity index is 1.64. The Bertz CT molecular complexity index is 651. The van der Waals surface area contributed by atoms with E-state index in [4.69, 9.17) is 9.47 Å². The molecular weight excluding hydrogens is 278 g/mol. The minimum Gasteiger partial charge on any atom is -0.493 e. The van der Waals surface area contributed by atoms with E-state index in [1.807, 2.05) is 23.0 Å². The van der Waals surface area contributed by atoms with Gasteiger partial charge < -0.3 is 14.8 Å². The Morgan fingerprint density at radius 1 is 1.45 bits per heavy atom. The summed E-state index contributed by atoms with van der Waals surface area (Å²) < 4.78 is 13.3. The molecule has 118 valence electrons. The second-order valence-corrected chi connectivity index (χ2v) is 5.61. The van der Waals surface area contributed by atoms with Crippen molar-refractivity contribution in [3.63, 3.8) is 0 Å². The van der Waals surface area contributed by atoms with Crippen molar-refractivity contribution >= 4 is 0 Å². The molecule has 0 spiro atoms. The van der Waals surface area contributed by atoms with Gasteiger partial charge in [-0.3, -0.25) is 4.68 Å². The van der Waals surface area contributed by atoms with Crippen molar-refractivity contribution in [1.82, 2.24) is 15.1 Å². The highest BCUT2D eigenvalue weighted by Gasteiger charge is 2.22. The third-order valence-corrected chi connectivity index (χ3v) is 4.26. The molecule has 2 heterocycles. The first kappa shape index (κ1) is 14.9. The Morgan fingerprint density at radius 3 is 3.05 bits per heavy atom. The number of ether oxygens (including phenoxy) is 2. The van der Waals surface area contributed by atoms with E-state index in [0.717, 1.165) is 31.0 Å². The second-order valence-electron chi connectivity index (χ2n) is 5.61. The molecule has 1 atom stereocenters. The van der Waals surface area contributed by atoms with Crippen molar-refractivity contribution in [1.29, 1.82) is 0 Å². The van der Waals surface area contributed by atoms with Gasteiger partial charge >= 0.3 is 0 Å². The first-order chi connectivity index (χ1) is 10.7. The quantitative estimate of drug-likeness (QED) is 0.920. The summed E-state index contributed by atoms with van der Waals surface area (Å²) in [6.45, 7) is 6.61. The zero-order valence-electron chi connectivity index (χ0n) is 13.4. The smallest absolute Gasteiger partial charge is 0.164 e. The highest BCUT2D eigenvalue weighted by atomic mass is 16.5. The number of aryl methyl sites for hydroxylation is 1. The Morgan fingerprint density at radius 2 is 2.32 bits per heavy atom. The van der Waals surface area contributed by atoms with Crippen LogP contribution in [0.5, 0.6) is 11.5 Å². The molecule has 0 radical (unpaired) electrons. The summed E-state index contributed by atoms with van der Waals surface area (Å²) in [6, 6.07) is 6.36. The fourth-order valence-corrected chi connectivity index (χ4v) is 2.92. The lowest BCUT2D eigenvalue weighted by Gasteiger charge is -2.27. The third kappa shape index (κ3) is 2.81. The van der Waals surface area contributed by atoms with Crippen LogP contribution < -0.4 is 14.8 Å². The molecule has 0 saturated heterocycles. The summed E-state index contributed by atoms with van der Waals surface area (Å²) in [5.41, 5.74) is 3.68. The number of aromatic nitrogens is 2. The molecule has 22 heavy (non-hydrogen) atoms. The van der Waals surface area contributed by atoms with E-state index in [0.29, 0.717) is 12.6 Å². The van der Waals surface area contributed by atoms with Gasteiger partial charge in [0.25, 0.3) is 0 Å². The van der Waals surface area contributed by atoms with Crippen molar-refractivity contribution in [3.8, 4) is 11.5 Å². The molecule has 1 aliphatic rings. The van der Waals surface area contributed by atoms with E-state index in [1.165, 1.54) is 16.8 Å². The van der Waals surface area contributed by atoms with E-state index in [9.17, 15) is 0 Å². The van der Waals surface area contributed by atoms with Gasteiger partial charge in [0, 0.05) is 30.4 Å². The molecule has 3 rings (SSSR count). The molecule has 0 fully saturated rings. The summed E-state index contributed by atoms with van der Waals surface area (Å²) in [4.78, 5) is 0. The van der Waals surface area contributed by atoms with E-state index in [-0.39, 0.29) is 0 Å². The zero-order valence-corrected chi connectivity index (χ0v) is 13.4. The molecule has 0 aliphatic carbocycles. The van der Waals surface area contributed by atoms with Crippen LogP contribution >= 0.6 is 0 Å². The average Bonchev–Trinajstić information content (AvgIpc) is 2.92. The maximum atomic E-state index is 5.89. The molecule has 1 N–H and O–H groups in total. The minimum absolute atomic E-state index is 0.309. The maximum Gasteiger partial charge on any atom is 0.164 e. The van der Waals surface area contributed by atoms with Crippen molar-refractivity contribution in [2.24, 2.45) is 0 Å². The van der Waals surface area contributed by atoms with Crippen molar-refractivity contribution < 1.29 is 9.47 Å². The number of rotatable bonds is 5. The van der Waals surface area contributed by atoms with Crippen LogP contribution in [0.4, 0.5) is 0 Å². The van der Waals surface area contributed by atoms with Gasteiger partial charge in [-0.2, -0.15) is 5.10 Å². The fraction of sp³-hybridized carbons (Fsp3) is 0.471. The Kier molecular flexibility index (Phi) is 4.34. The lowest BCUT2D eigenvalue weighted by atomic mass is 10.0. The van der Waals surface area contributed by atoms with Crippen LogP contribution in [-0.4, -0.2) is 29.5 Å². The third-order valence-electron chi connectivity index (χ3n) is 4.26. The Hall–Kier alpha value is -2.01. The summed E-state index contributed by atoms with van der Waals surface area (Å²) in [6.07, 6.45) is 2.90. The van der Waals surface area contributed by atoms with Gasteiger partial charge in [0.2, 0.25) is 0 Å². The van der Waals surface area contributed by atoms with Gasteiger partial charge in [0.05, 0.1) is 13.3 Å². The number of methoxy groups -OCH3 is 1.